The summed E-state index contributed by atoms with van der Waals surface area (Å²) in [5.41, 5.74) is 0. The molecule has 5 aromatic rings. The van der Waals surface area contributed by atoms with Gasteiger partial charge in [-0.15, -0.1) is 0 Å². The summed E-state index contributed by atoms with van der Waals surface area (Å²) in [7, 11) is 2.30. The van der Waals surface area contributed by atoms with Crippen molar-refractivity contribution in [3.63, 3.8) is 0 Å². The van der Waals surface area contributed by atoms with Gasteiger partial charge in [-0.25, -0.2) is 0 Å². The molecule has 4 heteroatoms. The molecule has 0 aliphatic carbocycles. The fourth-order valence-corrected chi connectivity index (χ4v) is 10.3. The van der Waals surface area contributed by atoms with E-state index in [-0.39, 0.29) is 0 Å². The molecule has 0 aliphatic heterocycles. The molecule has 0 spiro atoms. The van der Waals surface area contributed by atoms with Gasteiger partial charge in [0.25, 0.3) is 0 Å². The molecule has 0 nitrogen and oxygen atoms in total. The molecule has 0 atom stereocenters. The largest absolute Gasteiger partial charge is 0.144 e. The van der Waals surface area contributed by atoms with Crippen LogP contribution < -0.4 is 31.8 Å². The molecule has 0 unspecified atom stereocenters. The summed E-state index contributed by atoms with van der Waals surface area (Å²) >= 11 is 1.75. The molecule has 0 aliphatic rings. The average molecular weight is 681 g/mol. The summed E-state index contributed by atoms with van der Waals surface area (Å²) in [6.07, 6.45) is 0. The molecule has 5 aromatic carbocycles. The van der Waals surface area contributed by atoms with Crippen LogP contribution in [0, 0.1) is 0 Å². The number of rotatable bonds is 6. The number of hydrogen-bond donors (Lipinski definition) is 0. The van der Waals surface area contributed by atoms with Crippen LogP contribution in [-0.4, -0.2) is 0 Å². The minimum atomic E-state index is -1.14. The normalized spacial score (nSPS) is 10.6. The molecule has 5 rings (SSSR count). The van der Waals surface area contributed by atoms with Crippen LogP contribution in [0.1, 0.15) is 0 Å². The summed E-state index contributed by atoms with van der Waals surface area (Å²) in [6, 6.07) is 53.4. The Morgan fingerprint density at radius 3 is 0.765 bits per heavy atom. The van der Waals surface area contributed by atoms with Crippen molar-refractivity contribution in [2.45, 2.75) is 0 Å². The summed E-state index contributed by atoms with van der Waals surface area (Å²) in [4.78, 5) is 0. The van der Waals surface area contributed by atoms with E-state index in [1.807, 2.05) is 0 Å². The molecule has 0 bridgehead atoms. The molecule has 0 saturated heterocycles. The third-order valence-electron chi connectivity index (χ3n) is 5.72. The molecule has 0 heterocycles. The molecule has 0 fully saturated rings. The van der Waals surface area contributed by atoms with Gasteiger partial charge >= 0.3 is 29.2 Å². The molecule has 172 valence electrons. The predicted molar refractivity (Wildman–Crippen MR) is 152 cm³/mol. The van der Waals surface area contributed by atoms with Crippen molar-refractivity contribution in [1.82, 2.24) is 0 Å². The van der Waals surface area contributed by atoms with E-state index in [0.717, 1.165) is 0 Å². The zero-order chi connectivity index (χ0) is 23.6. The fourth-order valence-electron chi connectivity index (χ4n) is 4.29. The molecular formula is C30H26AuClP2+2. The average Bonchev–Trinajstić information content (AvgIpc) is 2.93. The second kappa shape index (κ2) is 13.2. The number of halogens is 1. The molecule has 0 aromatic heterocycles. The van der Waals surface area contributed by atoms with Gasteiger partial charge in [0.15, 0.2) is 0 Å². The maximum Gasteiger partial charge on any atom is 0.144 e. The number of hydrogen-bond acceptors (Lipinski definition) is 0. The van der Waals surface area contributed by atoms with Crippen molar-refractivity contribution < 1.29 is 20.0 Å². The van der Waals surface area contributed by atoms with Crippen LogP contribution in [0.4, 0.5) is 0 Å². The summed E-state index contributed by atoms with van der Waals surface area (Å²) in [6.45, 7) is 0. The van der Waals surface area contributed by atoms with Gasteiger partial charge in [0.2, 0.25) is 0 Å². The third-order valence-corrected chi connectivity index (χ3v) is 11.6. The van der Waals surface area contributed by atoms with Crippen molar-refractivity contribution in [3.8, 4) is 0 Å². The van der Waals surface area contributed by atoms with Gasteiger partial charge in [-0.2, -0.15) is 0 Å². The second-order valence-electron chi connectivity index (χ2n) is 7.76. The van der Waals surface area contributed by atoms with Crippen LogP contribution in [0.3, 0.4) is 0 Å². The van der Waals surface area contributed by atoms with Crippen LogP contribution in [-0.2, 0) is 20.0 Å². The summed E-state index contributed by atoms with van der Waals surface area (Å²) < 4.78 is 0. The van der Waals surface area contributed by atoms with Gasteiger partial charge in [-0.3, -0.25) is 0 Å². The molecule has 0 radical (unpaired) electrons. The first kappa shape index (κ1) is 25.1. The van der Waals surface area contributed by atoms with E-state index in [1.165, 1.54) is 31.8 Å². The Balaban J connectivity index is 0.00000133. The Morgan fingerprint density at radius 2 is 0.529 bits per heavy atom. The first-order valence-electron chi connectivity index (χ1n) is 11.1. The van der Waals surface area contributed by atoms with Crippen molar-refractivity contribution in [3.05, 3.63) is 146 Å². The van der Waals surface area contributed by atoms with Crippen LogP contribution in [0.5, 0.6) is 0 Å². The van der Waals surface area contributed by atoms with Crippen LogP contribution in [0.2, 0.25) is 0 Å². The molecule has 0 N–H and O–H groups in total. The Morgan fingerprint density at radius 1 is 0.324 bits per heavy atom. The Bertz CT molecular complexity index is 1090. The Hall–Kier alpha value is -2.01. The van der Waals surface area contributed by atoms with E-state index in [9.17, 15) is 0 Å². The van der Waals surface area contributed by atoms with Gasteiger partial charge in [-0.1, -0.05) is 84.9 Å². The van der Waals surface area contributed by atoms with Crippen molar-refractivity contribution >= 4 is 56.9 Å². The third kappa shape index (κ3) is 5.97. The van der Waals surface area contributed by atoms with Crippen molar-refractivity contribution in [1.29, 1.82) is 0 Å². The molecule has 0 amide bonds. The van der Waals surface area contributed by atoms with Gasteiger partial charge < -0.3 is 0 Å². The second-order valence-corrected chi connectivity index (χ2v) is 12.6. The predicted octanol–water partition coefficient (Wildman–Crippen LogP) is 5.35. The SMILES string of the molecule is [Cl][Au].c1ccc([PH+](c2ccccc2)c2ccccc2[PH+](c2ccccc2)c2ccccc2)cc1. The van der Waals surface area contributed by atoms with Crippen molar-refractivity contribution in [2.75, 3.05) is 0 Å². The zero-order valence-electron chi connectivity index (χ0n) is 18.5. The van der Waals surface area contributed by atoms with Crippen molar-refractivity contribution in [2.24, 2.45) is 0 Å². The molecule has 34 heavy (non-hydrogen) atoms. The van der Waals surface area contributed by atoms with Gasteiger partial charge in [0, 0.05) is 0 Å². The standard InChI is InChI=1S/C30H24P2.Au.ClH/c1-5-15-25(16-6-1)31(26-17-7-2-8-18-26)29-23-13-14-24-30(29)32(27-19-9-3-10-20-27)28-21-11-4-12-22-28;;/h1-24H;;1H/q;+1;/p+1. The number of benzene rings is 5. The smallest absolute Gasteiger partial charge is 0.0620 e. The monoisotopic (exact) mass is 680 g/mol. The first-order valence-corrected chi connectivity index (χ1v) is 16.8. The maximum atomic E-state index is 4.58. The van der Waals surface area contributed by atoms with E-state index in [1.54, 1.807) is 20.0 Å². The van der Waals surface area contributed by atoms with Crippen LogP contribution in [0.25, 0.3) is 0 Å². The molecular weight excluding hydrogens is 655 g/mol. The first-order chi connectivity index (χ1) is 16.9. The van der Waals surface area contributed by atoms with E-state index in [0.29, 0.717) is 0 Å². The maximum absolute atomic E-state index is 4.58. The zero-order valence-corrected chi connectivity index (χ0v) is 23.5. The Kier molecular flexibility index (Phi) is 9.73. The minimum absolute atomic E-state index is 1.14. The van der Waals surface area contributed by atoms with E-state index in [2.05, 4.69) is 155 Å². The minimum Gasteiger partial charge on any atom is -0.0620 e. The summed E-state index contributed by atoms with van der Waals surface area (Å²) in [5.74, 6) is 0. The fraction of sp³-hybridized carbons (Fsp3) is 0. The van der Waals surface area contributed by atoms with Gasteiger partial charge in [0.05, 0.1) is 0 Å². The Labute approximate surface area is 221 Å². The van der Waals surface area contributed by atoms with E-state index >= 15 is 0 Å². The van der Waals surface area contributed by atoms with Crippen LogP contribution in [0.15, 0.2) is 146 Å². The van der Waals surface area contributed by atoms with Crippen LogP contribution >= 0.6 is 25.0 Å². The quantitative estimate of drug-likeness (QED) is 0.168. The van der Waals surface area contributed by atoms with E-state index in [4.69, 9.17) is 0 Å². The van der Waals surface area contributed by atoms with Gasteiger partial charge in [0.1, 0.15) is 47.7 Å². The summed E-state index contributed by atoms with van der Waals surface area (Å²) in [5, 5.41) is 8.71. The van der Waals surface area contributed by atoms with E-state index < -0.39 is 15.8 Å². The van der Waals surface area contributed by atoms with Gasteiger partial charge in [-0.05, 0) is 60.7 Å². The molecule has 0 saturated carbocycles. The topological polar surface area (TPSA) is 0 Å².